The van der Waals surface area contributed by atoms with Gasteiger partial charge in [-0.1, -0.05) is 11.6 Å². The fourth-order valence-corrected chi connectivity index (χ4v) is 2.45. The van der Waals surface area contributed by atoms with Crippen LogP contribution in [0.15, 0.2) is 11.1 Å². The minimum atomic E-state index is -0.338. The quantitative estimate of drug-likeness (QED) is 0.841. The zero-order valence-electron chi connectivity index (χ0n) is 9.59. The molecule has 2 N–H and O–H groups in total. The molecule has 2 amide bonds. The number of hydrogen-bond donors (Lipinski definition) is 1. The van der Waals surface area contributed by atoms with Crippen molar-refractivity contribution >= 4 is 40.6 Å². The molecule has 8 heteroatoms. The lowest BCUT2D eigenvalue weighted by atomic mass is 10.4. The molecule has 0 unspecified atom stereocenters. The average Bonchev–Trinajstić information content (AvgIpc) is 2.78. The Hall–Kier alpha value is -1.31. The summed E-state index contributed by atoms with van der Waals surface area (Å²) in [5.41, 5.74) is 5.35. The van der Waals surface area contributed by atoms with Crippen molar-refractivity contribution in [3.63, 3.8) is 0 Å². The molecule has 0 bridgehead atoms. The van der Waals surface area contributed by atoms with Gasteiger partial charge in [-0.3, -0.25) is 14.5 Å². The van der Waals surface area contributed by atoms with Crippen molar-refractivity contribution in [3.8, 4) is 0 Å². The lowest BCUT2D eigenvalue weighted by Gasteiger charge is -2.09. The normalized spacial score (nSPS) is 18.2. The van der Waals surface area contributed by atoms with Gasteiger partial charge in [0.1, 0.15) is 11.0 Å². The van der Waals surface area contributed by atoms with E-state index in [-0.39, 0.29) is 24.2 Å². The Bertz CT molecular complexity index is 540. The van der Waals surface area contributed by atoms with Crippen LogP contribution in [0.2, 0.25) is 5.15 Å². The van der Waals surface area contributed by atoms with E-state index in [0.29, 0.717) is 15.9 Å². The summed E-state index contributed by atoms with van der Waals surface area (Å²) in [7, 11) is 1.73. The van der Waals surface area contributed by atoms with Crippen molar-refractivity contribution in [1.82, 2.24) is 14.5 Å². The molecule has 1 aliphatic heterocycles. The van der Waals surface area contributed by atoms with E-state index in [2.05, 4.69) is 4.98 Å². The first-order chi connectivity index (χ1) is 8.54. The van der Waals surface area contributed by atoms with E-state index in [0.717, 1.165) is 16.7 Å². The van der Waals surface area contributed by atoms with E-state index in [1.807, 2.05) is 0 Å². The standard InChI is InChI=1S/C10H11ClN4O2S/c1-14-7(11)5-13-8(14)4-6-9(16)15(3-2-12)10(17)18-6/h4-5H,2-3,12H2,1H3/b6-4+. The van der Waals surface area contributed by atoms with Crippen LogP contribution in [0.5, 0.6) is 0 Å². The number of hydrogen-bond acceptors (Lipinski definition) is 5. The fraction of sp³-hybridized carbons (Fsp3) is 0.300. The Morgan fingerprint density at radius 2 is 2.28 bits per heavy atom. The van der Waals surface area contributed by atoms with Gasteiger partial charge in [0, 0.05) is 26.2 Å². The van der Waals surface area contributed by atoms with E-state index >= 15 is 0 Å². The van der Waals surface area contributed by atoms with Crippen LogP contribution in [0.3, 0.4) is 0 Å². The molecular formula is C10H11ClN4O2S. The van der Waals surface area contributed by atoms with Crippen molar-refractivity contribution in [3.05, 3.63) is 22.1 Å². The largest absolute Gasteiger partial charge is 0.329 e. The van der Waals surface area contributed by atoms with Crippen LogP contribution in [-0.2, 0) is 11.8 Å². The summed E-state index contributed by atoms with van der Waals surface area (Å²) in [4.78, 5) is 29.0. The summed E-state index contributed by atoms with van der Waals surface area (Å²) >= 11 is 6.72. The van der Waals surface area contributed by atoms with Crippen LogP contribution >= 0.6 is 23.4 Å². The molecule has 1 fully saturated rings. The molecule has 1 aliphatic rings. The zero-order chi connectivity index (χ0) is 13.3. The van der Waals surface area contributed by atoms with Crippen LogP contribution in [0.1, 0.15) is 5.82 Å². The summed E-state index contributed by atoms with van der Waals surface area (Å²) in [6.07, 6.45) is 3.03. The van der Waals surface area contributed by atoms with Gasteiger partial charge < -0.3 is 10.3 Å². The number of imidazole rings is 1. The number of thioether (sulfide) groups is 1. The van der Waals surface area contributed by atoms with Crippen LogP contribution in [0.25, 0.3) is 6.08 Å². The highest BCUT2D eigenvalue weighted by atomic mass is 35.5. The highest BCUT2D eigenvalue weighted by molar-refractivity contribution is 8.18. The minimum absolute atomic E-state index is 0.226. The molecule has 2 rings (SSSR count). The number of amides is 2. The van der Waals surface area contributed by atoms with E-state index < -0.39 is 0 Å². The highest BCUT2D eigenvalue weighted by Gasteiger charge is 2.34. The molecule has 1 saturated heterocycles. The number of nitrogens with two attached hydrogens (primary N) is 1. The summed E-state index contributed by atoms with van der Waals surface area (Å²) in [6.45, 7) is 0.475. The van der Waals surface area contributed by atoms with Gasteiger partial charge in [0.2, 0.25) is 0 Å². The summed E-state index contributed by atoms with van der Waals surface area (Å²) < 4.78 is 1.62. The van der Waals surface area contributed by atoms with E-state index in [4.69, 9.17) is 17.3 Å². The van der Waals surface area contributed by atoms with E-state index in [9.17, 15) is 9.59 Å². The number of carbonyl (C=O) groups excluding carboxylic acids is 2. The highest BCUT2D eigenvalue weighted by Crippen LogP contribution is 2.31. The fourth-order valence-electron chi connectivity index (χ4n) is 1.48. The lowest BCUT2D eigenvalue weighted by Crippen LogP contribution is -2.33. The third-order valence-corrected chi connectivity index (χ3v) is 3.71. The van der Waals surface area contributed by atoms with Crippen molar-refractivity contribution in [2.45, 2.75) is 0 Å². The molecule has 6 nitrogen and oxygen atoms in total. The van der Waals surface area contributed by atoms with Gasteiger partial charge in [0.05, 0.1) is 11.1 Å². The molecule has 1 aromatic rings. The third-order valence-electron chi connectivity index (χ3n) is 2.45. The van der Waals surface area contributed by atoms with Gasteiger partial charge in [0.15, 0.2) is 0 Å². The van der Waals surface area contributed by atoms with Gasteiger partial charge in [-0.2, -0.15) is 0 Å². The second kappa shape index (κ2) is 5.13. The molecule has 18 heavy (non-hydrogen) atoms. The van der Waals surface area contributed by atoms with Crippen molar-refractivity contribution in [2.24, 2.45) is 12.8 Å². The molecule has 0 aromatic carbocycles. The molecule has 0 aliphatic carbocycles. The zero-order valence-corrected chi connectivity index (χ0v) is 11.2. The summed E-state index contributed by atoms with van der Waals surface area (Å²) in [6, 6.07) is 0. The first-order valence-electron chi connectivity index (χ1n) is 5.17. The van der Waals surface area contributed by atoms with Crippen LogP contribution in [0.4, 0.5) is 4.79 Å². The predicted molar refractivity (Wildman–Crippen MR) is 69.9 cm³/mol. The maximum atomic E-state index is 11.9. The van der Waals surface area contributed by atoms with Crippen molar-refractivity contribution < 1.29 is 9.59 Å². The molecular weight excluding hydrogens is 276 g/mol. The molecule has 0 radical (unpaired) electrons. The van der Waals surface area contributed by atoms with Crippen LogP contribution in [0, 0.1) is 0 Å². The number of aromatic nitrogens is 2. The number of carbonyl (C=O) groups is 2. The predicted octanol–water partition coefficient (Wildman–Crippen LogP) is 1.07. The average molecular weight is 287 g/mol. The number of halogens is 1. The van der Waals surface area contributed by atoms with Gasteiger partial charge >= 0.3 is 0 Å². The lowest BCUT2D eigenvalue weighted by molar-refractivity contribution is -0.122. The van der Waals surface area contributed by atoms with Gasteiger partial charge in [0.25, 0.3) is 11.1 Å². The number of nitrogens with zero attached hydrogens (tertiary/aromatic N) is 3. The monoisotopic (exact) mass is 286 g/mol. The molecule has 0 spiro atoms. The molecule has 2 heterocycles. The third kappa shape index (κ3) is 2.29. The Morgan fingerprint density at radius 1 is 1.56 bits per heavy atom. The molecule has 0 atom stereocenters. The van der Waals surface area contributed by atoms with Gasteiger partial charge in [-0.25, -0.2) is 4.98 Å². The summed E-state index contributed by atoms with van der Waals surface area (Å²) in [5.74, 6) is 0.188. The van der Waals surface area contributed by atoms with Gasteiger partial charge in [-0.15, -0.1) is 0 Å². The van der Waals surface area contributed by atoms with Crippen molar-refractivity contribution in [2.75, 3.05) is 13.1 Å². The minimum Gasteiger partial charge on any atom is -0.329 e. The SMILES string of the molecule is Cn1c(Cl)cnc1/C=C1/SC(=O)N(CCN)C1=O. The Balaban J connectivity index is 2.28. The number of imide groups is 1. The first kappa shape index (κ1) is 13.1. The topological polar surface area (TPSA) is 81.2 Å². The molecule has 1 aromatic heterocycles. The van der Waals surface area contributed by atoms with E-state index in [1.54, 1.807) is 17.7 Å². The second-order valence-corrected chi connectivity index (χ2v) is 5.00. The Kier molecular flexibility index (Phi) is 3.74. The first-order valence-corrected chi connectivity index (χ1v) is 6.36. The second-order valence-electron chi connectivity index (χ2n) is 3.62. The summed E-state index contributed by atoms with van der Waals surface area (Å²) in [5, 5.41) is 0.152. The molecule has 0 saturated carbocycles. The van der Waals surface area contributed by atoms with Crippen LogP contribution < -0.4 is 5.73 Å². The van der Waals surface area contributed by atoms with Gasteiger partial charge in [-0.05, 0) is 11.8 Å². The Labute approximate surface area is 113 Å². The molecule has 96 valence electrons. The smallest absolute Gasteiger partial charge is 0.293 e. The van der Waals surface area contributed by atoms with Crippen molar-refractivity contribution in [1.29, 1.82) is 0 Å². The van der Waals surface area contributed by atoms with Crippen LogP contribution in [-0.4, -0.2) is 38.7 Å². The number of rotatable bonds is 3. The maximum absolute atomic E-state index is 11.9. The Morgan fingerprint density at radius 3 is 2.83 bits per heavy atom. The maximum Gasteiger partial charge on any atom is 0.293 e. The van der Waals surface area contributed by atoms with E-state index in [1.165, 1.54) is 6.20 Å².